The molecule has 154 valence electrons. The Bertz CT molecular complexity index is 671. The fraction of sp³-hybridized carbons (Fsp3) is 0.619. The zero-order valence-corrected chi connectivity index (χ0v) is 16.8. The number of ether oxygens (including phenoxy) is 2. The van der Waals surface area contributed by atoms with E-state index in [2.05, 4.69) is 40.5 Å². The second-order valence-corrected chi connectivity index (χ2v) is 7.48. The molecule has 2 atom stereocenters. The summed E-state index contributed by atoms with van der Waals surface area (Å²) in [6.07, 6.45) is 3.03. The van der Waals surface area contributed by atoms with Gasteiger partial charge in [-0.25, -0.2) is 4.79 Å². The van der Waals surface area contributed by atoms with E-state index in [-0.39, 0.29) is 18.1 Å². The quantitative estimate of drug-likeness (QED) is 0.665. The molecule has 1 aliphatic heterocycles. The van der Waals surface area contributed by atoms with Crippen molar-refractivity contribution in [2.24, 2.45) is 0 Å². The molecule has 1 saturated carbocycles. The molecule has 0 radical (unpaired) electrons. The van der Waals surface area contributed by atoms with Gasteiger partial charge in [-0.15, -0.1) is 0 Å². The highest BCUT2D eigenvalue weighted by Gasteiger charge is 2.39. The first-order chi connectivity index (χ1) is 13.6. The van der Waals surface area contributed by atoms with Gasteiger partial charge in [-0.3, -0.25) is 4.79 Å². The molecular formula is C21H31N3O4. The van der Waals surface area contributed by atoms with E-state index in [1.165, 1.54) is 12.7 Å². The van der Waals surface area contributed by atoms with Crippen LogP contribution in [0.25, 0.3) is 0 Å². The Morgan fingerprint density at radius 2 is 2.21 bits per heavy atom. The maximum atomic E-state index is 13.1. The molecule has 2 aliphatic rings. The highest BCUT2D eigenvalue weighted by molar-refractivity contribution is 5.82. The Balaban J connectivity index is 1.62. The monoisotopic (exact) mass is 389 g/mol. The van der Waals surface area contributed by atoms with E-state index in [9.17, 15) is 9.59 Å². The van der Waals surface area contributed by atoms with Gasteiger partial charge in [-0.05, 0) is 43.7 Å². The van der Waals surface area contributed by atoms with Gasteiger partial charge in [-0.2, -0.15) is 0 Å². The molecule has 1 aromatic rings. The van der Waals surface area contributed by atoms with Gasteiger partial charge in [-0.1, -0.05) is 24.3 Å². The van der Waals surface area contributed by atoms with E-state index in [4.69, 9.17) is 4.74 Å². The number of carbonyl (C=O) groups is 2. The molecule has 2 amide bonds. The number of nitrogens with one attached hydrogen (secondary N) is 2. The van der Waals surface area contributed by atoms with Gasteiger partial charge in [0.05, 0.1) is 19.8 Å². The number of rotatable bonds is 8. The predicted octanol–water partition coefficient (Wildman–Crippen LogP) is 2.02. The van der Waals surface area contributed by atoms with Crippen molar-refractivity contribution in [2.45, 2.75) is 50.8 Å². The summed E-state index contributed by atoms with van der Waals surface area (Å²) in [5.74, 6) is 0.0925. The fourth-order valence-electron chi connectivity index (χ4n) is 3.65. The molecule has 2 fully saturated rings. The van der Waals surface area contributed by atoms with Gasteiger partial charge >= 0.3 is 6.09 Å². The highest BCUT2D eigenvalue weighted by Crippen LogP contribution is 2.35. The Labute approximate surface area is 166 Å². The van der Waals surface area contributed by atoms with E-state index in [0.29, 0.717) is 25.7 Å². The lowest BCUT2D eigenvalue weighted by Crippen LogP contribution is -2.50. The van der Waals surface area contributed by atoms with Crippen molar-refractivity contribution in [3.63, 3.8) is 0 Å². The van der Waals surface area contributed by atoms with Gasteiger partial charge in [0.2, 0.25) is 0 Å². The topological polar surface area (TPSA) is 79.9 Å². The SMILES string of the molecule is COC(=O)NCCCc1cccc([C@@H](C)N(C(=O)[C@H]2CNCCO2)C2CC2)c1. The lowest BCUT2D eigenvalue weighted by Gasteiger charge is -2.34. The zero-order valence-electron chi connectivity index (χ0n) is 16.8. The molecular weight excluding hydrogens is 358 g/mol. The molecule has 28 heavy (non-hydrogen) atoms. The first-order valence-corrected chi connectivity index (χ1v) is 10.2. The number of hydrogen-bond acceptors (Lipinski definition) is 5. The molecule has 3 rings (SSSR count). The third-order valence-corrected chi connectivity index (χ3v) is 5.35. The van der Waals surface area contributed by atoms with E-state index in [1.807, 2.05) is 11.0 Å². The van der Waals surface area contributed by atoms with Crippen LogP contribution in [0.3, 0.4) is 0 Å². The molecule has 0 unspecified atom stereocenters. The van der Waals surface area contributed by atoms with Crippen LogP contribution in [0.4, 0.5) is 4.79 Å². The van der Waals surface area contributed by atoms with Crippen LogP contribution in [-0.2, 0) is 20.7 Å². The van der Waals surface area contributed by atoms with E-state index in [0.717, 1.165) is 37.8 Å². The third kappa shape index (κ3) is 5.45. The molecule has 0 spiro atoms. The van der Waals surface area contributed by atoms with Gasteiger partial charge in [0.1, 0.15) is 6.10 Å². The summed E-state index contributed by atoms with van der Waals surface area (Å²) in [7, 11) is 1.36. The standard InChI is InChI=1S/C21H31N3O4/c1-15(24(18-8-9-18)20(25)19-14-22-11-12-28-19)17-7-3-5-16(13-17)6-4-10-23-21(26)27-2/h3,5,7,13,15,18-19,22H,4,6,8-12,14H2,1-2H3,(H,23,26)/t15-,19-/m1/s1. The summed E-state index contributed by atoms with van der Waals surface area (Å²) < 4.78 is 10.3. The summed E-state index contributed by atoms with van der Waals surface area (Å²) in [6, 6.07) is 8.73. The Hall–Kier alpha value is -2.12. The number of methoxy groups -OCH3 is 1. The van der Waals surface area contributed by atoms with Crippen LogP contribution in [-0.4, -0.2) is 62.4 Å². The fourth-order valence-corrected chi connectivity index (χ4v) is 3.65. The molecule has 1 aliphatic carbocycles. The lowest BCUT2D eigenvalue weighted by atomic mass is 10.0. The van der Waals surface area contributed by atoms with Gasteiger partial charge in [0, 0.05) is 25.7 Å². The summed E-state index contributed by atoms with van der Waals surface area (Å²) in [5, 5.41) is 5.95. The molecule has 0 bridgehead atoms. The molecule has 7 heteroatoms. The van der Waals surface area contributed by atoms with E-state index >= 15 is 0 Å². The number of aryl methyl sites for hydroxylation is 1. The van der Waals surface area contributed by atoms with Gasteiger partial charge in [0.15, 0.2) is 0 Å². The van der Waals surface area contributed by atoms with E-state index in [1.54, 1.807) is 0 Å². The van der Waals surface area contributed by atoms with Crippen LogP contribution in [0.15, 0.2) is 24.3 Å². The molecule has 1 aromatic carbocycles. The van der Waals surface area contributed by atoms with Crippen LogP contribution in [0, 0.1) is 0 Å². The molecule has 1 saturated heterocycles. The molecule has 7 nitrogen and oxygen atoms in total. The van der Waals surface area contributed by atoms with Gasteiger partial charge < -0.3 is 25.0 Å². The minimum Gasteiger partial charge on any atom is -0.453 e. The first-order valence-electron chi connectivity index (χ1n) is 10.2. The van der Waals surface area contributed by atoms with E-state index < -0.39 is 6.09 Å². The summed E-state index contributed by atoms with van der Waals surface area (Å²) in [6.45, 7) is 4.64. The number of morpholine rings is 1. The molecule has 0 aromatic heterocycles. The highest BCUT2D eigenvalue weighted by atomic mass is 16.5. The average molecular weight is 389 g/mol. The smallest absolute Gasteiger partial charge is 0.406 e. The Morgan fingerprint density at radius 1 is 1.39 bits per heavy atom. The normalized spacial score (nSPS) is 20.3. The van der Waals surface area contributed by atoms with Crippen molar-refractivity contribution in [1.82, 2.24) is 15.5 Å². The number of nitrogens with zero attached hydrogens (tertiary/aromatic N) is 1. The van der Waals surface area contributed by atoms with Crippen molar-refractivity contribution in [3.05, 3.63) is 35.4 Å². The Kier molecular flexibility index (Phi) is 7.28. The van der Waals surface area contributed by atoms with Crippen LogP contribution < -0.4 is 10.6 Å². The number of hydrogen-bond donors (Lipinski definition) is 2. The summed E-state index contributed by atoms with van der Waals surface area (Å²) in [4.78, 5) is 26.2. The predicted molar refractivity (Wildman–Crippen MR) is 106 cm³/mol. The van der Waals surface area contributed by atoms with Crippen LogP contribution in [0.5, 0.6) is 0 Å². The third-order valence-electron chi connectivity index (χ3n) is 5.35. The zero-order chi connectivity index (χ0) is 19.9. The Morgan fingerprint density at radius 3 is 2.89 bits per heavy atom. The summed E-state index contributed by atoms with van der Waals surface area (Å²) >= 11 is 0. The molecule has 2 N–H and O–H groups in total. The number of alkyl carbamates (subject to hydrolysis) is 1. The second-order valence-electron chi connectivity index (χ2n) is 7.48. The second kappa shape index (κ2) is 9.89. The van der Waals surface area contributed by atoms with Crippen LogP contribution in [0.1, 0.15) is 43.4 Å². The van der Waals surface area contributed by atoms with Crippen molar-refractivity contribution < 1.29 is 19.1 Å². The lowest BCUT2D eigenvalue weighted by molar-refractivity contribution is -0.148. The minimum absolute atomic E-state index is 0.0127. The van der Waals surface area contributed by atoms with Crippen LogP contribution >= 0.6 is 0 Å². The number of carbonyl (C=O) groups excluding carboxylic acids is 2. The number of benzene rings is 1. The van der Waals surface area contributed by atoms with Crippen molar-refractivity contribution >= 4 is 12.0 Å². The average Bonchev–Trinajstić information content (AvgIpc) is 3.57. The van der Waals surface area contributed by atoms with Crippen molar-refractivity contribution in [2.75, 3.05) is 33.4 Å². The van der Waals surface area contributed by atoms with Crippen LogP contribution in [0.2, 0.25) is 0 Å². The largest absolute Gasteiger partial charge is 0.453 e. The maximum Gasteiger partial charge on any atom is 0.406 e. The number of amides is 2. The van der Waals surface area contributed by atoms with Crippen molar-refractivity contribution in [3.8, 4) is 0 Å². The minimum atomic E-state index is -0.402. The van der Waals surface area contributed by atoms with Gasteiger partial charge in [0.25, 0.3) is 5.91 Å². The summed E-state index contributed by atoms with van der Waals surface area (Å²) in [5.41, 5.74) is 2.34. The first kappa shape index (κ1) is 20.6. The maximum absolute atomic E-state index is 13.1. The molecule has 1 heterocycles. The van der Waals surface area contributed by atoms with Crippen molar-refractivity contribution in [1.29, 1.82) is 0 Å².